The minimum atomic E-state index is -0.154. The molecule has 0 aliphatic carbocycles. The Morgan fingerprint density at radius 1 is 0.625 bits per heavy atom. The van der Waals surface area contributed by atoms with E-state index >= 15 is 0 Å². The Hall–Kier alpha value is -4.75. The molecule has 0 unspecified atom stereocenters. The van der Waals surface area contributed by atoms with E-state index in [0.717, 1.165) is 50.2 Å². The maximum atomic E-state index is 11.7. The van der Waals surface area contributed by atoms with Gasteiger partial charge in [-0.3, -0.25) is 4.79 Å². The van der Waals surface area contributed by atoms with Crippen molar-refractivity contribution in [1.82, 2.24) is 20.4 Å². The molecule has 0 saturated heterocycles. The minimum Gasteiger partial charge on any atom is -0.497 e. The van der Waals surface area contributed by atoms with Crippen molar-refractivity contribution in [3.8, 4) is 11.5 Å². The van der Waals surface area contributed by atoms with Crippen molar-refractivity contribution in [3.63, 3.8) is 0 Å². The van der Waals surface area contributed by atoms with Gasteiger partial charge in [0.1, 0.15) is 11.5 Å². The number of ether oxygens (including phenoxy) is 2. The third-order valence-electron chi connectivity index (χ3n) is 6.55. The van der Waals surface area contributed by atoms with Crippen LogP contribution in [0.5, 0.6) is 11.5 Å². The lowest BCUT2D eigenvalue weighted by Crippen LogP contribution is -2.11. The third-order valence-corrected chi connectivity index (χ3v) is 6.83. The highest BCUT2D eigenvalue weighted by molar-refractivity contribution is 6.34. The van der Waals surface area contributed by atoms with E-state index in [1.165, 1.54) is 0 Å². The van der Waals surface area contributed by atoms with Gasteiger partial charge in [0.15, 0.2) is 5.15 Å². The van der Waals surface area contributed by atoms with E-state index in [9.17, 15) is 4.79 Å². The van der Waals surface area contributed by atoms with Crippen LogP contribution < -0.4 is 15.0 Å². The molecule has 0 aliphatic rings. The number of aromatic nitrogens is 4. The van der Waals surface area contributed by atoms with Gasteiger partial charge < -0.3 is 9.47 Å². The van der Waals surface area contributed by atoms with Crippen LogP contribution in [0.3, 0.4) is 0 Å². The Kier molecular flexibility index (Phi) is 8.32. The third kappa shape index (κ3) is 6.11. The molecule has 0 fully saturated rings. The topological polar surface area (TPSA) is 90.0 Å². The van der Waals surface area contributed by atoms with Gasteiger partial charge in [0, 0.05) is 29.0 Å². The second-order valence-corrected chi connectivity index (χ2v) is 9.44. The number of halogens is 1. The lowest BCUT2D eigenvalue weighted by atomic mass is 10.0. The summed E-state index contributed by atoms with van der Waals surface area (Å²) in [5.74, 6) is 1.67. The molecule has 0 atom stereocenters. The summed E-state index contributed by atoms with van der Waals surface area (Å²) < 4.78 is 10.3. The fraction of sp³-hybridized carbons (Fsp3) is 0.125. The Morgan fingerprint density at radius 2 is 1.10 bits per heavy atom. The normalized spacial score (nSPS) is 10.7. The minimum absolute atomic E-state index is 0.154. The highest BCUT2D eigenvalue weighted by Gasteiger charge is 2.09. The first-order valence-corrected chi connectivity index (χ1v) is 13.1. The summed E-state index contributed by atoms with van der Waals surface area (Å²) >= 11 is 6.08. The summed E-state index contributed by atoms with van der Waals surface area (Å²) in [6.07, 6.45) is 1.38. The number of hydrogen-bond donors (Lipinski definition) is 1. The number of fused-ring (bicyclic) bond motifs is 2. The first kappa shape index (κ1) is 26.8. The molecule has 7 nitrogen and oxygen atoms in total. The predicted molar refractivity (Wildman–Crippen MR) is 159 cm³/mol. The zero-order valence-corrected chi connectivity index (χ0v) is 22.9. The monoisotopic (exact) mass is 550 g/mol. The molecule has 0 bridgehead atoms. The fourth-order valence-corrected chi connectivity index (χ4v) is 4.64. The largest absolute Gasteiger partial charge is 0.497 e. The summed E-state index contributed by atoms with van der Waals surface area (Å²) in [4.78, 5) is 11.7. The van der Waals surface area contributed by atoms with Gasteiger partial charge in [-0.05, 0) is 41.5 Å². The Labute approximate surface area is 236 Å². The number of H-pyrrole nitrogens is 1. The van der Waals surface area contributed by atoms with E-state index < -0.39 is 0 Å². The van der Waals surface area contributed by atoms with E-state index in [0.29, 0.717) is 23.4 Å². The number of benzene rings is 4. The van der Waals surface area contributed by atoms with Crippen molar-refractivity contribution in [2.45, 2.75) is 12.8 Å². The van der Waals surface area contributed by atoms with Crippen LogP contribution in [0.1, 0.15) is 22.5 Å². The molecule has 0 aliphatic heterocycles. The van der Waals surface area contributed by atoms with Crippen molar-refractivity contribution < 1.29 is 9.47 Å². The van der Waals surface area contributed by atoms with Crippen molar-refractivity contribution in [2.24, 2.45) is 0 Å². The second kappa shape index (κ2) is 12.4. The van der Waals surface area contributed by atoms with Gasteiger partial charge in [-0.2, -0.15) is 10.2 Å². The molecule has 40 heavy (non-hydrogen) atoms. The van der Waals surface area contributed by atoms with Crippen molar-refractivity contribution in [1.29, 1.82) is 0 Å². The van der Waals surface area contributed by atoms with Gasteiger partial charge >= 0.3 is 0 Å². The highest BCUT2D eigenvalue weighted by atomic mass is 35.5. The zero-order chi connectivity index (χ0) is 27.9. The Balaban J connectivity index is 0.000000161. The molecular formula is C32H27ClN4O3. The standard InChI is InChI=1S/C16H13ClN2O.C16H14N2O2/c1-20-12-8-6-11(7-9-12)10-15-13-4-2-3-5-14(13)16(17)19-18-15;1-20-12-8-6-11(7-9-12)10-15-13-4-2-3-5-14(13)16(19)18-17-15/h2-9H,10H2,1H3;2-9H,10H2,1H3,(H,18,19). The van der Waals surface area contributed by atoms with E-state index in [2.05, 4.69) is 20.4 Å². The maximum absolute atomic E-state index is 11.7. The van der Waals surface area contributed by atoms with Gasteiger partial charge in [0.2, 0.25) is 0 Å². The van der Waals surface area contributed by atoms with Crippen LogP contribution in [-0.2, 0) is 12.8 Å². The lowest BCUT2D eigenvalue weighted by molar-refractivity contribution is 0.414. The van der Waals surface area contributed by atoms with E-state index in [1.54, 1.807) is 14.2 Å². The molecule has 2 heterocycles. The van der Waals surface area contributed by atoms with Crippen molar-refractivity contribution in [3.05, 3.63) is 135 Å². The summed E-state index contributed by atoms with van der Waals surface area (Å²) in [5, 5.41) is 19.0. The molecule has 0 radical (unpaired) electrons. The SMILES string of the molecule is COc1ccc(Cc2n[nH]c(=O)c3ccccc23)cc1.COc1ccc(Cc2nnc(Cl)c3ccccc23)cc1. The summed E-state index contributed by atoms with van der Waals surface area (Å²) in [6.45, 7) is 0. The van der Waals surface area contributed by atoms with E-state index in [1.807, 2.05) is 97.1 Å². The molecule has 0 amide bonds. The van der Waals surface area contributed by atoms with Crippen LogP contribution in [-0.4, -0.2) is 34.6 Å². The van der Waals surface area contributed by atoms with Crippen LogP contribution in [0.25, 0.3) is 21.5 Å². The summed E-state index contributed by atoms with van der Waals surface area (Å²) in [5.41, 5.74) is 3.92. The van der Waals surface area contributed by atoms with Crippen LogP contribution in [0.15, 0.2) is 102 Å². The van der Waals surface area contributed by atoms with Gasteiger partial charge in [0.25, 0.3) is 5.56 Å². The average molecular weight is 551 g/mol. The average Bonchev–Trinajstić information content (AvgIpc) is 3.01. The van der Waals surface area contributed by atoms with E-state index in [4.69, 9.17) is 21.1 Å². The molecule has 200 valence electrons. The smallest absolute Gasteiger partial charge is 0.272 e. The number of nitrogens with one attached hydrogen (secondary N) is 1. The Bertz CT molecular complexity index is 1800. The van der Waals surface area contributed by atoms with Gasteiger partial charge in [0.05, 0.1) is 31.0 Å². The molecule has 0 spiro atoms. The van der Waals surface area contributed by atoms with Crippen LogP contribution in [0, 0.1) is 0 Å². The predicted octanol–water partition coefficient (Wildman–Crippen LogP) is 6.41. The van der Waals surface area contributed by atoms with Gasteiger partial charge in [-0.15, -0.1) is 5.10 Å². The maximum Gasteiger partial charge on any atom is 0.272 e. The summed E-state index contributed by atoms with van der Waals surface area (Å²) in [7, 11) is 3.30. The Morgan fingerprint density at radius 3 is 1.65 bits per heavy atom. The molecule has 2 aromatic heterocycles. The second-order valence-electron chi connectivity index (χ2n) is 9.08. The van der Waals surface area contributed by atoms with Crippen LogP contribution in [0.2, 0.25) is 5.15 Å². The molecule has 4 aromatic carbocycles. The van der Waals surface area contributed by atoms with Crippen LogP contribution in [0.4, 0.5) is 0 Å². The number of aromatic amines is 1. The van der Waals surface area contributed by atoms with E-state index in [-0.39, 0.29) is 5.56 Å². The molecule has 6 aromatic rings. The lowest BCUT2D eigenvalue weighted by Gasteiger charge is -2.07. The fourth-order valence-electron chi connectivity index (χ4n) is 4.44. The number of hydrogen-bond acceptors (Lipinski definition) is 6. The quantitative estimate of drug-likeness (QED) is 0.258. The first-order chi connectivity index (χ1) is 19.6. The molecule has 6 rings (SSSR count). The molecular weight excluding hydrogens is 524 g/mol. The van der Waals surface area contributed by atoms with Crippen molar-refractivity contribution in [2.75, 3.05) is 14.2 Å². The van der Waals surface area contributed by atoms with Crippen LogP contribution >= 0.6 is 11.6 Å². The first-order valence-electron chi connectivity index (χ1n) is 12.7. The number of rotatable bonds is 6. The number of methoxy groups -OCH3 is 2. The van der Waals surface area contributed by atoms with Crippen molar-refractivity contribution >= 4 is 33.1 Å². The van der Waals surface area contributed by atoms with Gasteiger partial charge in [-0.25, -0.2) is 5.10 Å². The summed E-state index contributed by atoms with van der Waals surface area (Å²) in [6, 6.07) is 31.2. The molecule has 0 saturated carbocycles. The highest BCUT2D eigenvalue weighted by Crippen LogP contribution is 2.25. The molecule has 1 N–H and O–H groups in total. The zero-order valence-electron chi connectivity index (χ0n) is 22.1. The molecule has 8 heteroatoms. The van der Waals surface area contributed by atoms with Gasteiger partial charge in [-0.1, -0.05) is 78.3 Å². The number of nitrogens with zero attached hydrogens (tertiary/aromatic N) is 3.